The summed E-state index contributed by atoms with van der Waals surface area (Å²) in [7, 11) is 0. The van der Waals surface area contributed by atoms with Crippen LogP contribution in [0.2, 0.25) is 0 Å². The molecule has 0 N–H and O–H groups in total. The molecule has 1 heterocycles. The van der Waals surface area contributed by atoms with Crippen molar-refractivity contribution in [1.29, 1.82) is 0 Å². The lowest BCUT2D eigenvalue weighted by Crippen LogP contribution is -2.32. The summed E-state index contributed by atoms with van der Waals surface area (Å²) in [6, 6.07) is 0. The fourth-order valence-corrected chi connectivity index (χ4v) is 1.52. The second-order valence-electron chi connectivity index (χ2n) is 3.64. The molecular weight excluding hydrogens is 222 g/mol. The fraction of sp³-hybridized carbons (Fsp3) is 0.250. The van der Waals surface area contributed by atoms with E-state index >= 15 is 0 Å². The van der Waals surface area contributed by atoms with Gasteiger partial charge in [-0.25, -0.2) is 4.79 Å². The van der Waals surface area contributed by atoms with Crippen molar-refractivity contribution < 1.29 is 19.2 Å². The van der Waals surface area contributed by atoms with E-state index in [9.17, 15) is 14.4 Å². The molecule has 88 valence electrons. The van der Waals surface area contributed by atoms with Gasteiger partial charge in [-0.2, -0.15) is 0 Å². The smallest absolute Gasteiger partial charge is 0.325 e. The Morgan fingerprint density at radius 2 is 1.88 bits per heavy atom. The van der Waals surface area contributed by atoms with Gasteiger partial charge in [0, 0.05) is 12.8 Å². The van der Waals surface area contributed by atoms with Crippen molar-refractivity contribution in [1.82, 2.24) is 5.06 Å². The Morgan fingerprint density at radius 3 is 2.59 bits per heavy atom. The topological polar surface area (TPSA) is 63.7 Å². The minimum Gasteiger partial charge on any atom is -0.325 e. The third-order valence-corrected chi connectivity index (χ3v) is 2.41. The van der Waals surface area contributed by atoms with Gasteiger partial charge in [0.05, 0.1) is 5.57 Å². The summed E-state index contributed by atoms with van der Waals surface area (Å²) in [5.41, 5.74) is 0.336. The van der Waals surface area contributed by atoms with E-state index in [0.717, 1.165) is 0 Å². The highest BCUT2D eigenvalue weighted by molar-refractivity contribution is 6.03. The Hall–Kier alpha value is -2.17. The van der Waals surface area contributed by atoms with Crippen molar-refractivity contribution in [2.75, 3.05) is 0 Å². The molecular formula is C12H11NO4. The standard InChI is InChI=1S/C12H11NO4/c14-10-7-8-11(15)13(10)17-12(16)9-5-3-1-2-4-6-9/h1-3,5-6H,4,7-8H2. The van der Waals surface area contributed by atoms with E-state index in [0.29, 0.717) is 17.1 Å². The molecule has 1 aliphatic heterocycles. The summed E-state index contributed by atoms with van der Waals surface area (Å²) >= 11 is 0. The lowest BCUT2D eigenvalue weighted by molar-refractivity contribution is -0.194. The first-order valence-electron chi connectivity index (χ1n) is 5.30. The number of hydrogen-bond acceptors (Lipinski definition) is 4. The molecule has 0 saturated carbocycles. The van der Waals surface area contributed by atoms with E-state index in [-0.39, 0.29) is 12.8 Å². The van der Waals surface area contributed by atoms with Crippen LogP contribution in [0.15, 0.2) is 36.0 Å². The number of rotatable bonds is 2. The Labute approximate surface area is 98.0 Å². The summed E-state index contributed by atoms with van der Waals surface area (Å²) in [5, 5.41) is 0.551. The first-order chi connectivity index (χ1) is 8.18. The van der Waals surface area contributed by atoms with Crippen LogP contribution < -0.4 is 0 Å². The molecule has 0 aromatic rings. The Kier molecular flexibility index (Phi) is 3.18. The van der Waals surface area contributed by atoms with E-state index in [1.54, 1.807) is 18.2 Å². The van der Waals surface area contributed by atoms with Gasteiger partial charge >= 0.3 is 5.97 Å². The SMILES string of the molecule is O=C(ON1C(=O)CCC1=O)C1=CCC=CC=C1. The van der Waals surface area contributed by atoms with Gasteiger partial charge in [-0.1, -0.05) is 24.3 Å². The minimum atomic E-state index is -0.687. The number of hydrogen-bond donors (Lipinski definition) is 0. The molecule has 5 nitrogen and oxygen atoms in total. The van der Waals surface area contributed by atoms with Gasteiger partial charge in [0.1, 0.15) is 0 Å². The molecule has 0 aromatic carbocycles. The molecule has 0 bridgehead atoms. The maximum absolute atomic E-state index is 11.7. The summed E-state index contributed by atoms with van der Waals surface area (Å²) < 4.78 is 0. The Balaban J connectivity index is 2.04. The second kappa shape index (κ2) is 4.78. The Bertz CT molecular complexity index is 443. The normalized spacial score (nSPS) is 19.3. The lowest BCUT2D eigenvalue weighted by Gasteiger charge is -2.12. The van der Waals surface area contributed by atoms with Crippen molar-refractivity contribution in [3.8, 4) is 0 Å². The number of carbonyl (C=O) groups excluding carboxylic acids is 3. The van der Waals surface area contributed by atoms with Crippen LogP contribution in [-0.2, 0) is 19.2 Å². The van der Waals surface area contributed by atoms with Crippen LogP contribution in [0.5, 0.6) is 0 Å². The third kappa shape index (κ3) is 2.50. The zero-order valence-corrected chi connectivity index (χ0v) is 9.09. The maximum atomic E-state index is 11.7. The molecule has 0 radical (unpaired) electrons. The van der Waals surface area contributed by atoms with Crippen LogP contribution in [0, 0.1) is 0 Å². The first-order valence-corrected chi connectivity index (χ1v) is 5.30. The molecule has 1 saturated heterocycles. The van der Waals surface area contributed by atoms with Gasteiger partial charge in [-0.3, -0.25) is 9.59 Å². The molecule has 17 heavy (non-hydrogen) atoms. The van der Waals surface area contributed by atoms with Crippen LogP contribution in [-0.4, -0.2) is 22.8 Å². The van der Waals surface area contributed by atoms with Crippen molar-refractivity contribution in [3.05, 3.63) is 36.0 Å². The van der Waals surface area contributed by atoms with E-state index < -0.39 is 17.8 Å². The van der Waals surface area contributed by atoms with Crippen LogP contribution >= 0.6 is 0 Å². The van der Waals surface area contributed by atoms with Gasteiger partial charge in [-0.15, -0.1) is 5.06 Å². The summed E-state index contributed by atoms with van der Waals surface area (Å²) in [6.07, 6.45) is 9.45. The van der Waals surface area contributed by atoms with Gasteiger partial charge in [0.15, 0.2) is 0 Å². The number of amides is 2. The number of hydroxylamine groups is 2. The number of allylic oxidation sites excluding steroid dienone is 4. The van der Waals surface area contributed by atoms with E-state index in [1.807, 2.05) is 12.2 Å². The van der Waals surface area contributed by atoms with Crippen molar-refractivity contribution in [2.24, 2.45) is 0 Å². The molecule has 0 unspecified atom stereocenters. The monoisotopic (exact) mass is 233 g/mol. The van der Waals surface area contributed by atoms with E-state index in [1.165, 1.54) is 0 Å². The number of nitrogens with zero attached hydrogens (tertiary/aromatic N) is 1. The van der Waals surface area contributed by atoms with Gasteiger partial charge in [0.2, 0.25) is 0 Å². The highest BCUT2D eigenvalue weighted by atomic mass is 16.7. The van der Waals surface area contributed by atoms with Crippen LogP contribution in [0.4, 0.5) is 0 Å². The minimum absolute atomic E-state index is 0.0998. The molecule has 0 atom stereocenters. The quantitative estimate of drug-likeness (QED) is 0.668. The lowest BCUT2D eigenvalue weighted by atomic mass is 10.2. The first kappa shape index (κ1) is 11.3. The summed E-state index contributed by atoms with van der Waals surface area (Å²) in [5.74, 6) is -1.63. The van der Waals surface area contributed by atoms with E-state index in [2.05, 4.69) is 0 Å². The van der Waals surface area contributed by atoms with Gasteiger partial charge in [-0.05, 0) is 12.5 Å². The molecule has 0 spiro atoms. The Morgan fingerprint density at radius 1 is 1.18 bits per heavy atom. The molecule has 5 heteroatoms. The van der Waals surface area contributed by atoms with Crippen LogP contribution in [0.25, 0.3) is 0 Å². The zero-order valence-electron chi connectivity index (χ0n) is 9.09. The summed E-state index contributed by atoms with van der Waals surface area (Å²) in [6.45, 7) is 0. The van der Waals surface area contributed by atoms with Gasteiger partial charge in [0.25, 0.3) is 11.8 Å². The highest BCUT2D eigenvalue weighted by Gasteiger charge is 2.33. The molecule has 1 aliphatic carbocycles. The highest BCUT2D eigenvalue weighted by Crippen LogP contribution is 2.15. The summed E-state index contributed by atoms with van der Waals surface area (Å²) in [4.78, 5) is 39.0. The maximum Gasteiger partial charge on any atom is 0.363 e. The molecule has 2 rings (SSSR count). The predicted octanol–water partition coefficient (Wildman–Crippen LogP) is 1.04. The van der Waals surface area contributed by atoms with Gasteiger partial charge < -0.3 is 4.84 Å². The second-order valence-corrected chi connectivity index (χ2v) is 3.64. The van der Waals surface area contributed by atoms with Crippen molar-refractivity contribution >= 4 is 17.8 Å². The molecule has 0 aromatic heterocycles. The third-order valence-electron chi connectivity index (χ3n) is 2.41. The predicted molar refractivity (Wildman–Crippen MR) is 58.2 cm³/mol. The van der Waals surface area contributed by atoms with Crippen LogP contribution in [0.1, 0.15) is 19.3 Å². The van der Waals surface area contributed by atoms with E-state index in [4.69, 9.17) is 4.84 Å². The van der Waals surface area contributed by atoms with Crippen molar-refractivity contribution in [2.45, 2.75) is 19.3 Å². The van der Waals surface area contributed by atoms with Crippen molar-refractivity contribution in [3.63, 3.8) is 0 Å². The zero-order chi connectivity index (χ0) is 12.3. The number of carbonyl (C=O) groups is 3. The number of imide groups is 1. The molecule has 1 fully saturated rings. The molecule has 2 amide bonds. The largest absolute Gasteiger partial charge is 0.363 e. The fourth-order valence-electron chi connectivity index (χ4n) is 1.52. The average Bonchev–Trinajstić information content (AvgIpc) is 2.59. The van der Waals surface area contributed by atoms with Crippen LogP contribution in [0.3, 0.4) is 0 Å². The average molecular weight is 233 g/mol. The molecule has 2 aliphatic rings.